The quantitative estimate of drug-likeness (QED) is 0.304. The molecule has 0 fully saturated rings. The Hall–Kier alpha value is -4.06. The molecule has 4 rings (SSSR count). The normalized spacial score (nSPS) is 11.4. The van der Waals surface area contributed by atoms with Crippen LogP contribution in [0.2, 0.25) is 0 Å². The molecule has 6 nitrogen and oxygen atoms in total. The predicted molar refractivity (Wildman–Crippen MR) is 117 cm³/mol. The van der Waals surface area contributed by atoms with Gasteiger partial charge in [0.25, 0.3) is 5.56 Å². The topological polar surface area (TPSA) is 106 Å². The first-order valence-corrected chi connectivity index (χ1v) is 9.39. The number of nitrogens with zero attached hydrogens (tertiary/aromatic N) is 1. The van der Waals surface area contributed by atoms with Crippen LogP contribution in [0.4, 0.5) is 0 Å². The molecule has 30 heavy (non-hydrogen) atoms. The number of fused-ring (bicyclic) bond motifs is 1. The zero-order valence-corrected chi connectivity index (χ0v) is 16.3. The van der Waals surface area contributed by atoms with Crippen LogP contribution in [0.5, 0.6) is 17.4 Å². The fraction of sp³-hybridized carbons (Fsp3) is 0.0833. The molecule has 0 atom stereocenters. The molecule has 0 amide bonds. The van der Waals surface area contributed by atoms with Gasteiger partial charge in [-0.05, 0) is 47.9 Å². The second-order valence-corrected chi connectivity index (χ2v) is 7.14. The van der Waals surface area contributed by atoms with Crippen molar-refractivity contribution in [3.05, 3.63) is 87.7 Å². The third kappa shape index (κ3) is 3.75. The molecule has 4 aromatic rings. The number of aliphatic imine (C=N–C) groups is 1. The van der Waals surface area contributed by atoms with Crippen molar-refractivity contribution in [3.63, 3.8) is 0 Å². The minimum Gasteiger partial charge on any atom is -0.504 e. The smallest absolute Gasteiger partial charge is 0.258 e. The van der Waals surface area contributed by atoms with Gasteiger partial charge in [0.2, 0.25) is 5.88 Å². The van der Waals surface area contributed by atoms with Crippen LogP contribution in [0.3, 0.4) is 0 Å². The van der Waals surface area contributed by atoms with Crippen LogP contribution in [0.1, 0.15) is 16.7 Å². The minimum absolute atomic E-state index is 0.198. The molecule has 1 heterocycles. The Morgan fingerprint density at radius 1 is 0.900 bits per heavy atom. The van der Waals surface area contributed by atoms with E-state index in [1.807, 2.05) is 37.3 Å². The number of aromatic nitrogens is 1. The Morgan fingerprint density at radius 2 is 1.70 bits per heavy atom. The molecule has 3 aromatic carbocycles. The van der Waals surface area contributed by atoms with E-state index in [9.17, 15) is 20.1 Å². The van der Waals surface area contributed by atoms with E-state index in [0.717, 1.165) is 16.7 Å². The van der Waals surface area contributed by atoms with Gasteiger partial charge in [0, 0.05) is 17.0 Å². The van der Waals surface area contributed by atoms with Crippen LogP contribution < -0.4 is 5.56 Å². The summed E-state index contributed by atoms with van der Waals surface area (Å²) in [5.74, 6) is -0.676. The number of H-pyrrole nitrogens is 1. The molecule has 0 saturated carbocycles. The number of nitrogens with one attached hydrogen (secondary N) is 1. The van der Waals surface area contributed by atoms with E-state index >= 15 is 0 Å². The highest BCUT2D eigenvalue weighted by Gasteiger charge is 2.11. The fourth-order valence-corrected chi connectivity index (χ4v) is 3.38. The Labute approximate surface area is 172 Å². The van der Waals surface area contributed by atoms with Gasteiger partial charge in [-0.15, -0.1) is 0 Å². The molecular weight excluding hydrogens is 380 g/mol. The van der Waals surface area contributed by atoms with Gasteiger partial charge in [0.05, 0.1) is 12.1 Å². The van der Waals surface area contributed by atoms with Gasteiger partial charge in [-0.25, -0.2) is 0 Å². The summed E-state index contributed by atoms with van der Waals surface area (Å²) in [6.45, 7) is 2.24. The zero-order valence-electron chi connectivity index (χ0n) is 16.3. The summed E-state index contributed by atoms with van der Waals surface area (Å²) in [4.78, 5) is 19.1. The van der Waals surface area contributed by atoms with Crippen molar-refractivity contribution in [1.82, 2.24) is 4.98 Å². The lowest BCUT2D eigenvalue weighted by molar-refractivity contribution is 0.403. The summed E-state index contributed by atoms with van der Waals surface area (Å²) < 4.78 is 0. The van der Waals surface area contributed by atoms with E-state index in [1.54, 1.807) is 12.1 Å². The average molecular weight is 400 g/mol. The summed E-state index contributed by atoms with van der Waals surface area (Å²) in [5, 5.41) is 30.4. The number of benzene rings is 3. The standard InChI is InChI=1S/C24H20N2O4/c1-14-3-2-4-16(9-14)17-6-7-18-19(11-17)20(24(30)26-23(18)29)13-25-12-15-5-8-21(27)22(28)10-15/h2-11,13,27-28H,12H2,1H3,(H2,26,29,30). The first kappa shape index (κ1) is 19.3. The third-order valence-corrected chi connectivity index (χ3v) is 4.93. The Bertz CT molecular complexity index is 1340. The van der Waals surface area contributed by atoms with E-state index in [0.29, 0.717) is 21.9 Å². The highest BCUT2D eigenvalue weighted by molar-refractivity contribution is 6.02. The van der Waals surface area contributed by atoms with Crippen LogP contribution >= 0.6 is 0 Å². The number of phenolic OH excluding ortho intramolecular Hbond substituents is 2. The molecule has 1 aromatic heterocycles. The molecule has 0 saturated heterocycles. The Kier molecular flexibility index (Phi) is 4.98. The number of aromatic amines is 1. The van der Waals surface area contributed by atoms with E-state index in [1.165, 1.54) is 18.3 Å². The van der Waals surface area contributed by atoms with Crippen molar-refractivity contribution in [1.29, 1.82) is 0 Å². The highest BCUT2D eigenvalue weighted by atomic mass is 16.3. The van der Waals surface area contributed by atoms with Gasteiger partial charge in [-0.2, -0.15) is 0 Å². The summed E-state index contributed by atoms with van der Waals surface area (Å²) in [7, 11) is 0. The van der Waals surface area contributed by atoms with Crippen LogP contribution in [0.15, 0.2) is 70.5 Å². The molecule has 0 bridgehead atoms. The maximum Gasteiger partial charge on any atom is 0.258 e. The van der Waals surface area contributed by atoms with Crippen molar-refractivity contribution < 1.29 is 15.3 Å². The second kappa shape index (κ2) is 7.75. The minimum atomic E-state index is -0.376. The monoisotopic (exact) mass is 400 g/mol. The van der Waals surface area contributed by atoms with Crippen LogP contribution in [-0.2, 0) is 6.54 Å². The van der Waals surface area contributed by atoms with Crippen LogP contribution in [-0.4, -0.2) is 26.5 Å². The van der Waals surface area contributed by atoms with E-state index in [4.69, 9.17) is 0 Å². The van der Waals surface area contributed by atoms with Gasteiger partial charge in [0.1, 0.15) is 0 Å². The molecule has 0 aliphatic carbocycles. The third-order valence-electron chi connectivity index (χ3n) is 4.93. The van der Waals surface area contributed by atoms with Crippen molar-refractivity contribution in [2.45, 2.75) is 13.5 Å². The largest absolute Gasteiger partial charge is 0.504 e. The number of pyridine rings is 1. The number of aryl methyl sites for hydroxylation is 1. The summed E-state index contributed by atoms with van der Waals surface area (Å²) in [6.07, 6.45) is 1.50. The van der Waals surface area contributed by atoms with Crippen molar-refractivity contribution in [2.24, 2.45) is 4.99 Å². The molecule has 0 unspecified atom stereocenters. The molecule has 0 spiro atoms. The van der Waals surface area contributed by atoms with Crippen LogP contribution in [0.25, 0.3) is 21.9 Å². The van der Waals surface area contributed by atoms with E-state index in [2.05, 4.69) is 16.0 Å². The maximum atomic E-state index is 12.3. The maximum absolute atomic E-state index is 12.3. The second-order valence-electron chi connectivity index (χ2n) is 7.14. The van der Waals surface area contributed by atoms with Gasteiger partial charge >= 0.3 is 0 Å². The lowest BCUT2D eigenvalue weighted by Gasteiger charge is -2.08. The predicted octanol–water partition coefficient (Wildman–Crippen LogP) is 4.24. The number of rotatable bonds is 4. The lowest BCUT2D eigenvalue weighted by atomic mass is 9.99. The molecular formula is C24H20N2O4. The van der Waals surface area contributed by atoms with Crippen molar-refractivity contribution in [3.8, 4) is 28.5 Å². The van der Waals surface area contributed by atoms with Crippen molar-refractivity contribution >= 4 is 17.0 Å². The van der Waals surface area contributed by atoms with Crippen molar-refractivity contribution in [2.75, 3.05) is 0 Å². The van der Waals surface area contributed by atoms with E-state index in [-0.39, 0.29) is 29.5 Å². The molecule has 0 aliphatic rings. The average Bonchev–Trinajstić information content (AvgIpc) is 2.72. The number of phenols is 2. The lowest BCUT2D eigenvalue weighted by Crippen LogP contribution is -2.08. The number of hydrogen-bond donors (Lipinski definition) is 4. The number of hydrogen-bond acceptors (Lipinski definition) is 5. The van der Waals surface area contributed by atoms with Crippen LogP contribution in [0, 0.1) is 6.92 Å². The first-order valence-electron chi connectivity index (χ1n) is 9.39. The zero-order chi connectivity index (χ0) is 21.3. The molecule has 0 aliphatic heterocycles. The summed E-state index contributed by atoms with van der Waals surface area (Å²) >= 11 is 0. The van der Waals surface area contributed by atoms with Gasteiger partial charge in [0.15, 0.2) is 11.5 Å². The molecule has 4 N–H and O–H groups in total. The van der Waals surface area contributed by atoms with Gasteiger partial charge < -0.3 is 15.3 Å². The number of aromatic hydroxyl groups is 3. The summed E-state index contributed by atoms with van der Waals surface area (Å²) in [5.41, 5.74) is 3.78. The summed E-state index contributed by atoms with van der Waals surface area (Å²) in [6, 6.07) is 18.0. The molecule has 150 valence electrons. The molecule has 0 radical (unpaired) electrons. The first-order chi connectivity index (χ1) is 14.4. The molecule has 6 heteroatoms. The highest BCUT2D eigenvalue weighted by Crippen LogP contribution is 2.28. The van der Waals surface area contributed by atoms with Gasteiger partial charge in [-0.1, -0.05) is 42.0 Å². The Balaban J connectivity index is 1.76. The van der Waals surface area contributed by atoms with E-state index < -0.39 is 0 Å². The fourth-order valence-electron chi connectivity index (χ4n) is 3.38. The van der Waals surface area contributed by atoms with Gasteiger partial charge in [-0.3, -0.25) is 14.8 Å². The Morgan fingerprint density at radius 3 is 2.47 bits per heavy atom. The SMILES string of the molecule is Cc1cccc(-c2ccc3c(=O)[nH]c(O)c(C=NCc4ccc(O)c(O)c4)c3c2)c1.